The minimum atomic E-state index is 0.0827. The molecular formula is C23H37N5O2S. The van der Waals surface area contributed by atoms with Crippen molar-refractivity contribution in [3.63, 3.8) is 0 Å². The number of nitrogens with zero attached hydrogens (tertiary/aromatic N) is 3. The monoisotopic (exact) mass is 447 g/mol. The van der Waals surface area contributed by atoms with Gasteiger partial charge in [0.1, 0.15) is 0 Å². The van der Waals surface area contributed by atoms with Gasteiger partial charge in [-0.25, -0.2) is 9.78 Å². The van der Waals surface area contributed by atoms with Crippen molar-refractivity contribution in [2.24, 2.45) is 5.92 Å². The van der Waals surface area contributed by atoms with Crippen LogP contribution in [0.5, 0.6) is 0 Å². The molecule has 2 N–H and O–H groups in total. The highest BCUT2D eigenvalue weighted by molar-refractivity contribution is 7.09. The molecule has 4 rings (SSSR count). The lowest BCUT2D eigenvalue weighted by molar-refractivity contribution is -0.127. The summed E-state index contributed by atoms with van der Waals surface area (Å²) in [6.45, 7) is 6.30. The fourth-order valence-corrected chi connectivity index (χ4v) is 5.73. The largest absolute Gasteiger partial charge is 0.353 e. The van der Waals surface area contributed by atoms with E-state index in [0.29, 0.717) is 6.04 Å². The summed E-state index contributed by atoms with van der Waals surface area (Å²) in [6, 6.07) is 0.630. The standard InChI is InChI=1S/C23H37N5O2S/c1-17-24-21(16-31-17)15-27-11-7-18(8-12-27)22(29)25-20-9-13-28(14-10-20)23(30)26-19-5-3-2-4-6-19/h16,18-20H,2-15H2,1H3,(H,25,29)(H,26,30). The van der Waals surface area contributed by atoms with Crippen LogP contribution in [0.4, 0.5) is 4.79 Å². The Labute approximate surface area is 190 Å². The summed E-state index contributed by atoms with van der Waals surface area (Å²) in [4.78, 5) is 34.2. The number of carbonyl (C=O) groups excluding carboxylic acids is 2. The molecule has 3 aliphatic rings. The van der Waals surface area contributed by atoms with Crippen LogP contribution in [0.15, 0.2) is 5.38 Å². The van der Waals surface area contributed by atoms with E-state index in [2.05, 4.69) is 25.9 Å². The number of piperidine rings is 2. The number of carbonyl (C=O) groups is 2. The summed E-state index contributed by atoms with van der Waals surface area (Å²) in [5.41, 5.74) is 1.14. The zero-order valence-electron chi connectivity index (χ0n) is 18.8. The molecular weight excluding hydrogens is 410 g/mol. The Balaban J connectivity index is 1.14. The summed E-state index contributed by atoms with van der Waals surface area (Å²) in [7, 11) is 0. The Morgan fingerprint density at radius 2 is 1.65 bits per heavy atom. The summed E-state index contributed by atoms with van der Waals surface area (Å²) in [6.07, 6.45) is 9.50. The molecule has 1 aromatic rings. The minimum absolute atomic E-state index is 0.0827. The molecule has 0 unspecified atom stereocenters. The Hall–Kier alpha value is -1.67. The van der Waals surface area contributed by atoms with E-state index in [0.717, 1.165) is 82.0 Å². The molecule has 0 radical (unpaired) electrons. The number of hydrogen-bond acceptors (Lipinski definition) is 5. The lowest BCUT2D eigenvalue weighted by Gasteiger charge is -2.35. The average molecular weight is 448 g/mol. The van der Waals surface area contributed by atoms with Crippen molar-refractivity contribution in [3.05, 3.63) is 16.1 Å². The minimum Gasteiger partial charge on any atom is -0.353 e. The van der Waals surface area contributed by atoms with Crippen LogP contribution in [-0.2, 0) is 11.3 Å². The second kappa shape index (κ2) is 10.8. The SMILES string of the molecule is Cc1nc(CN2CCC(C(=O)NC3CCN(C(=O)NC4CCCCC4)CC3)CC2)cs1. The molecule has 1 aliphatic carbocycles. The fourth-order valence-electron chi connectivity index (χ4n) is 5.12. The topological polar surface area (TPSA) is 77.6 Å². The van der Waals surface area contributed by atoms with Gasteiger partial charge in [0, 0.05) is 43.0 Å². The number of aromatic nitrogens is 1. The Kier molecular flexibility index (Phi) is 7.82. The van der Waals surface area contributed by atoms with Gasteiger partial charge in [-0.1, -0.05) is 19.3 Å². The highest BCUT2D eigenvalue weighted by Crippen LogP contribution is 2.22. The van der Waals surface area contributed by atoms with Crippen LogP contribution in [-0.4, -0.2) is 65.0 Å². The summed E-state index contributed by atoms with van der Waals surface area (Å²) in [5, 5.41) is 9.73. The molecule has 1 saturated carbocycles. The van der Waals surface area contributed by atoms with E-state index in [1.54, 1.807) is 11.3 Å². The maximum atomic E-state index is 12.8. The predicted molar refractivity (Wildman–Crippen MR) is 123 cm³/mol. The smallest absolute Gasteiger partial charge is 0.317 e. The van der Waals surface area contributed by atoms with E-state index in [4.69, 9.17) is 0 Å². The number of thiazole rings is 1. The van der Waals surface area contributed by atoms with Gasteiger partial charge in [0.2, 0.25) is 5.91 Å². The Morgan fingerprint density at radius 1 is 0.968 bits per heavy atom. The molecule has 7 nitrogen and oxygen atoms in total. The van der Waals surface area contributed by atoms with E-state index in [1.807, 2.05) is 11.8 Å². The van der Waals surface area contributed by atoms with Crippen LogP contribution in [0.25, 0.3) is 0 Å². The third kappa shape index (κ3) is 6.42. The van der Waals surface area contributed by atoms with E-state index in [1.165, 1.54) is 19.3 Å². The molecule has 3 fully saturated rings. The molecule has 1 aromatic heterocycles. The third-order valence-corrected chi connectivity index (χ3v) is 7.89. The summed E-state index contributed by atoms with van der Waals surface area (Å²) in [5.74, 6) is 0.315. The predicted octanol–water partition coefficient (Wildman–Crippen LogP) is 3.29. The maximum Gasteiger partial charge on any atom is 0.317 e. The zero-order chi connectivity index (χ0) is 21.6. The number of urea groups is 1. The second-order valence-corrected chi connectivity index (χ2v) is 10.5. The van der Waals surface area contributed by atoms with Gasteiger partial charge in [0.15, 0.2) is 0 Å². The Morgan fingerprint density at radius 3 is 2.29 bits per heavy atom. The fraction of sp³-hybridized carbons (Fsp3) is 0.783. The molecule has 172 valence electrons. The summed E-state index contributed by atoms with van der Waals surface area (Å²) >= 11 is 1.70. The third-order valence-electron chi connectivity index (χ3n) is 7.07. The van der Waals surface area contributed by atoms with Gasteiger partial charge < -0.3 is 15.5 Å². The quantitative estimate of drug-likeness (QED) is 0.726. The lowest BCUT2D eigenvalue weighted by atomic mass is 9.94. The van der Waals surface area contributed by atoms with Crippen LogP contribution in [0.3, 0.4) is 0 Å². The van der Waals surface area contributed by atoms with Gasteiger partial charge in [-0.2, -0.15) is 0 Å². The number of hydrogen-bond donors (Lipinski definition) is 2. The van der Waals surface area contributed by atoms with Gasteiger partial charge in [-0.3, -0.25) is 9.69 Å². The van der Waals surface area contributed by atoms with Gasteiger partial charge in [-0.05, 0) is 58.5 Å². The van der Waals surface area contributed by atoms with Crippen LogP contribution < -0.4 is 10.6 Å². The zero-order valence-corrected chi connectivity index (χ0v) is 19.6. The number of likely N-dealkylation sites (tertiary alicyclic amines) is 2. The van der Waals surface area contributed by atoms with E-state index >= 15 is 0 Å². The van der Waals surface area contributed by atoms with Crippen molar-refractivity contribution in [1.82, 2.24) is 25.4 Å². The number of aryl methyl sites for hydroxylation is 1. The molecule has 0 atom stereocenters. The van der Waals surface area contributed by atoms with Crippen molar-refractivity contribution in [2.75, 3.05) is 26.2 Å². The molecule has 0 bridgehead atoms. The van der Waals surface area contributed by atoms with Gasteiger partial charge >= 0.3 is 6.03 Å². The second-order valence-electron chi connectivity index (χ2n) is 9.46. The number of rotatable bonds is 5. The van der Waals surface area contributed by atoms with Gasteiger partial charge in [0.25, 0.3) is 0 Å². The van der Waals surface area contributed by atoms with Crippen molar-refractivity contribution < 1.29 is 9.59 Å². The molecule has 3 heterocycles. The number of nitrogens with one attached hydrogen (secondary N) is 2. The molecule has 0 spiro atoms. The summed E-state index contributed by atoms with van der Waals surface area (Å²) < 4.78 is 0. The first-order chi connectivity index (χ1) is 15.1. The van der Waals surface area contributed by atoms with E-state index in [-0.39, 0.29) is 23.9 Å². The van der Waals surface area contributed by atoms with Crippen molar-refractivity contribution in [2.45, 2.75) is 83.3 Å². The molecule has 8 heteroatoms. The number of amides is 3. The maximum absolute atomic E-state index is 12.8. The first kappa shape index (κ1) is 22.5. The highest BCUT2D eigenvalue weighted by Gasteiger charge is 2.29. The highest BCUT2D eigenvalue weighted by atomic mass is 32.1. The van der Waals surface area contributed by atoms with E-state index in [9.17, 15) is 9.59 Å². The van der Waals surface area contributed by atoms with Gasteiger partial charge in [-0.15, -0.1) is 11.3 Å². The molecule has 3 amide bonds. The lowest BCUT2D eigenvalue weighted by Crippen LogP contribution is -2.52. The van der Waals surface area contributed by atoms with Crippen molar-refractivity contribution in [3.8, 4) is 0 Å². The van der Waals surface area contributed by atoms with Crippen molar-refractivity contribution >= 4 is 23.3 Å². The molecule has 2 aliphatic heterocycles. The van der Waals surface area contributed by atoms with Crippen LogP contribution in [0.2, 0.25) is 0 Å². The Bertz CT molecular complexity index is 732. The van der Waals surface area contributed by atoms with Crippen LogP contribution >= 0.6 is 11.3 Å². The molecule has 0 aromatic carbocycles. The van der Waals surface area contributed by atoms with Crippen LogP contribution in [0.1, 0.15) is 68.5 Å². The molecule has 2 saturated heterocycles. The first-order valence-corrected chi connectivity index (χ1v) is 12.9. The first-order valence-electron chi connectivity index (χ1n) is 12.1. The van der Waals surface area contributed by atoms with Gasteiger partial charge in [0.05, 0.1) is 10.7 Å². The van der Waals surface area contributed by atoms with E-state index < -0.39 is 0 Å². The average Bonchev–Trinajstić information content (AvgIpc) is 3.20. The normalized spacial score (nSPS) is 22.4. The molecule has 31 heavy (non-hydrogen) atoms. The van der Waals surface area contributed by atoms with Crippen molar-refractivity contribution in [1.29, 1.82) is 0 Å². The van der Waals surface area contributed by atoms with Crippen LogP contribution in [0, 0.1) is 12.8 Å².